The number of hydrogen-bond acceptors (Lipinski definition) is 4. The Bertz CT molecular complexity index is 607. The topological polar surface area (TPSA) is 47.8 Å². The van der Waals surface area contributed by atoms with Crippen LogP contribution in [0.4, 0.5) is 8.78 Å². The van der Waals surface area contributed by atoms with Crippen molar-refractivity contribution in [2.75, 3.05) is 5.75 Å². The van der Waals surface area contributed by atoms with E-state index in [1.165, 1.54) is 6.07 Å². The lowest BCUT2D eigenvalue weighted by Crippen LogP contribution is -2.09. The summed E-state index contributed by atoms with van der Waals surface area (Å²) in [4.78, 5) is 11.8. The first-order valence-electron chi connectivity index (χ1n) is 5.46. The quantitative estimate of drug-likeness (QED) is 0.638. The van der Waals surface area contributed by atoms with E-state index in [1.54, 1.807) is 18.5 Å². The normalized spacial score (nSPS) is 10.7. The minimum absolute atomic E-state index is 0.0934. The fourth-order valence-corrected chi connectivity index (χ4v) is 2.31. The maximum Gasteiger partial charge on any atom is 0.191 e. The predicted octanol–water partition coefficient (Wildman–Crippen LogP) is 2.38. The van der Waals surface area contributed by atoms with E-state index in [4.69, 9.17) is 0 Å². The predicted molar refractivity (Wildman–Crippen MR) is 67.2 cm³/mol. The van der Waals surface area contributed by atoms with Crippen molar-refractivity contribution >= 4 is 17.5 Å². The van der Waals surface area contributed by atoms with E-state index in [1.807, 2.05) is 0 Å². The first-order chi connectivity index (χ1) is 9.00. The highest BCUT2D eigenvalue weighted by Crippen LogP contribution is 2.19. The van der Waals surface area contributed by atoms with Crippen LogP contribution in [0.5, 0.6) is 0 Å². The van der Waals surface area contributed by atoms with Crippen LogP contribution in [0.15, 0.2) is 23.4 Å². The fourth-order valence-electron chi connectivity index (χ4n) is 1.48. The standard InChI is InChI=1S/C12H11F2N3OS/c1-7-15-16-12(17(7)2)19-6-10(18)11-8(13)4-3-5-9(11)14/h3-5H,6H2,1-2H3. The zero-order chi connectivity index (χ0) is 14.0. The van der Waals surface area contributed by atoms with Gasteiger partial charge < -0.3 is 4.57 Å². The summed E-state index contributed by atoms with van der Waals surface area (Å²) in [7, 11) is 1.76. The molecule has 0 fully saturated rings. The third kappa shape index (κ3) is 2.81. The van der Waals surface area contributed by atoms with Gasteiger partial charge in [-0.2, -0.15) is 0 Å². The average Bonchev–Trinajstić information content (AvgIpc) is 2.67. The maximum absolute atomic E-state index is 13.4. The Labute approximate surface area is 112 Å². The molecule has 2 aromatic rings. The lowest BCUT2D eigenvalue weighted by Gasteiger charge is -2.04. The Hall–Kier alpha value is -1.76. The molecule has 0 spiro atoms. The third-order valence-electron chi connectivity index (χ3n) is 2.63. The first kappa shape index (κ1) is 13.7. The molecule has 1 aromatic carbocycles. The molecule has 0 N–H and O–H groups in total. The number of hydrogen-bond donors (Lipinski definition) is 0. The van der Waals surface area contributed by atoms with Gasteiger partial charge in [0.2, 0.25) is 0 Å². The maximum atomic E-state index is 13.4. The summed E-state index contributed by atoms with van der Waals surface area (Å²) < 4.78 is 28.5. The highest BCUT2D eigenvalue weighted by molar-refractivity contribution is 7.99. The Kier molecular flexibility index (Phi) is 3.94. The number of nitrogens with zero attached hydrogens (tertiary/aromatic N) is 3. The molecule has 0 saturated carbocycles. The van der Waals surface area contributed by atoms with Crippen molar-refractivity contribution in [3.05, 3.63) is 41.2 Å². The van der Waals surface area contributed by atoms with Gasteiger partial charge in [0.1, 0.15) is 17.5 Å². The third-order valence-corrected chi connectivity index (χ3v) is 3.65. The van der Waals surface area contributed by atoms with Crippen molar-refractivity contribution in [3.63, 3.8) is 0 Å². The van der Waals surface area contributed by atoms with Crippen LogP contribution in [0.2, 0.25) is 0 Å². The van der Waals surface area contributed by atoms with E-state index in [2.05, 4.69) is 10.2 Å². The fraction of sp³-hybridized carbons (Fsp3) is 0.250. The lowest BCUT2D eigenvalue weighted by atomic mass is 10.1. The highest BCUT2D eigenvalue weighted by Gasteiger charge is 2.18. The molecule has 0 aliphatic heterocycles. The van der Waals surface area contributed by atoms with Crippen LogP contribution >= 0.6 is 11.8 Å². The van der Waals surface area contributed by atoms with E-state index in [0.717, 1.165) is 23.9 Å². The van der Waals surface area contributed by atoms with Gasteiger partial charge in [-0.1, -0.05) is 17.8 Å². The highest BCUT2D eigenvalue weighted by atomic mass is 32.2. The van der Waals surface area contributed by atoms with Gasteiger partial charge in [-0.05, 0) is 19.1 Å². The summed E-state index contributed by atoms with van der Waals surface area (Å²) in [6.45, 7) is 1.77. The molecule has 19 heavy (non-hydrogen) atoms. The summed E-state index contributed by atoms with van der Waals surface area (Å²) in [6, 6.07) is 3.35. The summed E-state index contributed by atoms with van der Waals surface area (Å²) >= 11 is 1.09. The summed E-state index contributed by atoms with van der Waals surface area (Å²) in [5.74, 6) is -1.70. The molecule has 1 heterocycles. The molecule has 0 atom stereocenters. The number of aryl methyl sites for hydroxylation is 1. The summed E-state index contributed by atoms with van der Waals surface area (Å²) in [6.07, 6.45) is 0. The van der Waals surface area contributed by atoms with Crippen molar-refractivity contribution in [2.24, 2.45) is 7.05 Å². The van der Waals surface area contributed by atoms with E-state index < -0.39 is 23.0 Å². The van der Waals surface area contributed by atoms with Gasteiger partial charge in [-0.25, -0.2) is 8.78 Å². The van der Waals surface area contributed by atoms with Crippen LogP contribution in [0.3, 0.4) is 0 Å². The Morgan fingerprint density at radius 3 is 2.47 bits per heavy atom. The molecule has 0 amide bonds. The van der Waals surface area contributed by atoms with Gasteiger partial charge in [0.05, 0.1) is 11.3 Å². The summed E-state index contributed by atoms with van der Waals surface area (Å²) in [5.41, 5.74) is -0.506. The second-order valence-electron chi connectivity index (χ2n) is 3.90. The Morgan fingerprint density at radius 2 is 1.95 bits per heavy atom. The molecular formula is C12H11F2N3OS. The van der Waals surface area contributed by atoms with Crippen molar-refractivity contribution in [3.8, 4) is 0 Å². The number of carbonyl (C=O) groups excluding carboxylic acids is 1. The van der Waals surface area contributed by atoms with Crippen molar-refractivity contribution in [2.45, 2.75) is 12.1 Å². The molecule has 100 valence electrons. The van der Waals surface area contributed by atoms with Gasteiger partial charge in [-0.3, -0.25) is 4.79 Å². The first-order valence-corrected chi connectivity index (χ1v) is 6.45. The number of rotatable bonds is 4. The Balaban J connectivity index is 2.12. The van der Waals surface area contributed by atoms with Crippen molar-refractivity contribution in [1.29, 1.82) is 0 Å². The van der Waals surface area contributed by atoms with Crippen molar-refractivity contribution in [1.82, 2.24) is 14.8 Å². The molecular weight excluding hydrogens is 272 g/mol. The number of Topliss-reactive ketones (excluding diaryl/α,β-unsaturated/α-hetero) is 1. The van der Waals surface area contributed by atoms with Crippen molar-refractivity contribution < 1.29 is 13.6 Å². The van der Waals surface area contributed by atoms with E-state index >= 15 is 0 Å². The number of halogens is 2. The second-order valence-corrected chi connectivity index (χ2v) is 4.84. The van der Waals surface area contributed by atoms with Gasteiger partial charge in [-0.15, -0.1) is 10.2 Å². The van der Waals surface area contributed by atoms with Crippen LogP contribution in [0.25, 0.3) is 0 Å². The number of carbonyl (C=O) groups is 1. The number of ketones is 1. The monoisotopic (exact) mass is 283 g/mol. The molecule has 0 aliphatic carbocycles. The molecule has 0 saturated heterocycles. The Morgan fingerprint density at radius 1 is 1.32 bits per heavy atom. The van der Waals surface area contributed by atoms with Gasteiger partial charge in [0.15, 0.2) is 10.9 Å². The minimum atomic E-state index is -0.847. The molecule has 0 bridgehead atoms. The summed E-state index contributed by atoms with van der Waals surface area (Å²) in [5, 5.41) is 8.23. The van der Waals surface area contributed by atoms with Crippen LogP contribution < -0.4 is 0 Å². The largest absolute Gasteiger partial charge is 0.309 e. The average molecular weight is 283 g/mol. The molecule has 2 rings (SSSR count). The van der Waals surface area contributed by atoms with Crippen LogP contribution in [0.1, 0.15) is 16.2 Å². The molecule has 4 nitrogen and oxygen atoms in total. The molecule has 0 unspecified atom stereocenters. The number of thioether (sulfide) groups is 1. The lowest BCUT2D eigenvalue weighted by molar-refractivity contribution is 0.101. The van der Waals surface area contributed by atoms with E-state index in [0.29, 0.717) is 11.0 Å². The van der Waals surface area contributed by atoms with Crippen LogP contribution in [0, 0.1) is 18.6 Å². The zero-order valence-electron chi connectivity index (χ0n) is 10.4. The smallest absolute Gasteiger partial charge is 0.191 e. The van der Waals surface area contributed by atoms with E-state index in [-0.39, 0.29) is 5.75 Å². The van der Waals surface area contributed by atoms with Crippen LogP contribution in [-0.2, 0) is 7.05 Å². The molecule has 0 aliphatic rings. The number of aromatic nitrogens is 3. The molecule has 1 aromatic heterocycles. The molecule has 0 radical (unpaired) electrons. The van der Waals surface area contributed by atoms with Gasteiger partial charge in [0.25, 0.3) is 0 Å². The molecule has 7 heteroatoms. The SMILES string of the molecule is Cc1nnc(SCC(=O)c2c(F)cccc2F)n1C. The van der Waals surface area contributed by atoms with Gasteiger partial charge >= 0.3 is 0 Å². The second kappa shape index (κ2) is 5.48. The van der Waals surface area contributed by atoms with Gasteiger partial charge in [0, 0.05) is 7.05 Å². The van der Waals surface area contributed by atoms with Crippen LogP contribution in [-0.4, -0.2) is 26.3 Å². The number of benzene rings is 1. The zero-order valence-corrected chi connectivity index (χ0v) is 11.2. The van der Waals surface area contributed by atoms with E-state index in [9.17, 15) is 13.6 Å². The minimum Gasteiger partial charge on any atom is -0.309 e.